The second-order valence-electron chi connectivity index (χ2n) is 3.46. The molecule has 1 aliphatic heterocycles. The lowest BCUT2D eigenvalue weighted by Crippen LogP contribution is -2.58. The van der Waals surface area contributed by atoms with Gasteiger partial charge in [0.2, 0.25) is 5.91 Å². The summed E-state index contributed by atoms with van der Waals surface area (Å²) in [6.45, 7) is 0.416. The van der Waals surface area contributed by atoms with Crippen molar-refractivity contribution in [2.45, 2.75) is 12.5 Å². The Hall–Kier alpha value is -1.84. The van der Waals surface area contributed by atoms with Crippen LogP contribution in [0.3, 0.4) is 0 Å². The predicted octanol–water partition coefficient (Wildman–Crippen LogP) is -0.142. The number of amides is 2. The average Bonchev–Trinajstić information content (AvgIpc) is 2.25. The Balaban J connectivity index is 1.85. The first kappa shape index (κ1) is 9.71. The molecule has 1 heterocycles. The summed E-state index contributed by atoms with van der Waals surface area (Å²) in [4.78, 5) is 22.3. The fraction of sp³-hybridized carbons (Fsp3) is 0.273. The van der Waals surface area contributed by atoms with Gasteiger partial charge < -0.3 is 5.32 Å². The fourth-order valence-electron chi connectivity index (χ4n) is 1.39. The van der Waals surface area contributed by atoms with Crippen LogP contribution in [0.5, 0.6) is 0 Å². The molecule has 0 bridgehead atoms. The SMILES string of the molecule is O=C(Cc1ccccc1)N[C@H]1C[N]C1=O. The van der Waals surface area contributed by atoms with Crippen molar-refractivity contribution in [3.63, 3.8) is 0 Å². The molecule has 0 aliphatic carbocycles. The van der Waals surface area contributed by atoms with E-state index in [4.69, 9.17) is 0 Å². The van der Waals surface area contributed by atoms with Crippen LogP contribution in [0.2, 0.25) is 0 Å². The van der Waals surface area contributed by atoms with Crippen LogP contribution in [0.1, 0.15) is 5.56 Å². The minimum Gasteiger partial charge on any atom is -0.342 e. The molecule has 1 aromatic rings. The van der Waals surface area contributed by atoms with Gasteiger partial charge in [-0.25, -0.2) is 5.32 Å². The molecule has 1 N–H and O–H groups in total. The second kappa shape index (κ2) is 4.13. The van der Waals surface area contributed by atoms with Crippen molar-refractivity contribution in [3.05, 3.63) is 35.9 Å². The first-order valence-corrected chi connectivity index (χ1v) is 4.80. The number of hydrogen-bond donors (Lipinski definition) is 1. The van der Waals surface area contributed by atoms with Crippen LogP contribution in [-0.2, 0) is 16.0 Å². The van der Waals surface area contributed by atoms with E-state index in [0.717, 1.165) is 5.56 Å². The van der Waals surface area contributed by atoms with Gasteiger partial charge in [-0.1, -0.05) is 30.3 Å². The Bertz CT molecular complexity index is 375. The first-order valence-electron chi connectivity index (χ1n) is 4.80. The molecule has 0 saturated carbocycles. The van der Waals surface area contributed by atoms with E-state index >= 15 is 0 Å². The van der Waals surface area contributed by atoms with Crippen molar-refractivity contribution in [1.29, 1.82) is 0 Å². The Morgan fingerprint density at radius 2 is 2.13 bits per heavy atom. The molecule has 4 nitrogen and oxygen atoms in total. The van der Waals surface area contributed by atoms with E-state index in [2.05, 4.69) is 10.6 Å². The van der Waals surface area contributed by atoms with Gasteiger partial charge in [-0.15, -0.1) is 0 Å². The zero-order valence-electron chi connectivity index (χ0n) is 8.14. The van der Waals surface area contributed by atoms with Gasteiger partial charge in [0.05, 0.1) is 13.0 Å². The minimum absolute atomic E-state index is 0.130. The number of nitrogens with zero attached hydrogens (tertiary/aromatic N) is 1. The minimum atomic E-state index is -0.388. The monoisotopic (exact) mass is 203 g/mol. The molecule has 1 aromatic carbocycles. The van der Waals surface area contributed by atoms with E-state index in [9.17, 15) is 9.59 Å². The highest BCUT2D eigenvalue weighted by Crippen LogP contribution is 2.01. The second-order valence-corrected chi connectivity index (χ2v) is 3.46. The Morgan fingerprint density at radius 3 is 2.67 bits per heavy atom. The molecular weight excluding hydrogens is 192 g/mol. The topological polar surface area (TPSA) is 60.3 Å². The van der Waals surface area contributed by atoms with Crippen molar-refractivity contribution in [1.82, 2.24) is 10.6 Å². The fourth-order valence-corrected chi connectivity index (χ4v) is 1.39. The maximum atomic E-state index is 11.5. The molecule has 2 rings (SSSR count). The van der Waals surface area contributed by atoms with Crippen molar-refractivity contribution < 1.29 is 9.59 Å². The molecule has 4 heteroatoms. The highest BCUT2D eigenvalue weighted by molar-refractivity contribution is 5.92. The van der Waals surface area contributed by atoms with Gasteiger partial charge >= 0.3 is 0 Å². The largest absolute Gasteiger partial charge is 0.342 e. The summed E-state index contributed by atoms with van der Waals surface area (Å²) >= 11 is 0. The van der Waals surface area contributed by atoms with Crippen molar-refractivity contribution in [2.24, 2.45) is 0 Å². The predicted molar refractivity (Wildman–Crippen MR) is 54.1 cm³/mol. The lowest BCUT2D eigenvalue weighted by atomic mass is 10.1. The van der Waals surface area contributed by atoms with Crippen molar-refractivity contribution >= 4 is 11.8 Å². The van der Waals surface area contributed by atoms with Crippen LogP contribution in [0, 0.1) is 0 Å². The molecule has 1 atom stereocenters. The first-order chi connectivity index (χ1) is 7.25. The number of benzene rings is 1. The maximum Gasteiger partial charge on any atom is 0.265 e. The molecule has 1 radical (unpaired) electrons. The van der Waals surface area contributed by atoms with Crippen LogP contribution >= 0.6 is 0 Å². The van der Waals surface area contributed by atoms with E-state index in [1.807, 2.05) is 30.3 Å². The molecule has 0 aromatic heterocycles. The maximum absolute atomic E-state index is 11.5. The van der Waals surface area contributed by atoms with E-state index < -0.39 is 0 Å². The van der Waals surface area contributed by atoms with Crippen LogP contribution in [0.15, 0.2) is 30.3 Å². The standard InChI is InChI=1S/C11H11N2O2/c14-10(13-9-7-12-11(9)15)6-8-4-2-1-3-5-8/h1-5,9H,6-7H2,(H,13,14)/t9-/m0/s1. The molecule has 1 aliphatic rings. The third-order valence-corrected chi connectivity index (χ3v) is 2.27. The van der Waals surface area contributed by atoms with Gasteiger partial charge in [-0.2, -0.15) is 0 Å². The van der Waals surface area contributed by atoms with Gasteiger partial charge in [0, 0.05) is 0 Å². The lowest BCUT2D eigenvalue weighted by molar-refractivity contribution is -0.133. The zero-order valence-corrected chi connectivity index (χ0v) is 8.14. The number of β-lactam (4-membered cyclic amide) rings is 1. The van der Waals surface area contributed by atoms with E-state index in [1.165, 1.54) is 0 Å². The van der Waals surface area contributed by atoms with Crippen LogP contribution in [-0.4, -0.2) is 24.4 Å². The van der Waals surface area contributed by atoms with Gasteiger partial charge in [-0.05, 0) is 5.56 Å². The lowest BCUT2D eigenvalue weighted by Gasteiger charge is -2.24. The summed E-state index contributed by atoms with van der Waals surface area (Å²) in [5, 5.41) is 6.19. The quantitative estimate of drug-likeness (QED) is 0.695. The number of carbonyl (C=O) groups is 2. The highest BCUT2D eigenvalue weighted by Gasteiger charge is 2.30. The van der Waals surface area contributed by atoms with Gasteiger partial charge in [0.15, 0.2) is 0 Å². The summed E-state index contributed by atoms with van der Waals surface area (Å²) in [5.41, 5.74) is 0.943. The molecule has 15 heavy (non-hydrogen) atoms. The van der Waals surface area contributed by atoms with Crippen LogP contribution in [0.25, 0.3) is 0 Å². The zero-order chi connectivity index (χ0) is 10.7. The molecule has 1 fully saturated rings. The Labute approximate surface area is 87.7 Å². The van der Waals surface area contributed by atoms with Gasteiger partial charge in [0.25, 0.3) is 5.91 Å². The summed E-state index contributed by atoms with van der Waals surface area (Å²) in [7, 11) is 0. The van der Waals surface area contributed by atoms with E-state index in [-0.39, 0.29) is 17.9 Å². The number of nitrogens with one attached hydrogen (secondary N) is 1. The van der Waals surface area contributed by atoms with Crippen molar-refractivity contribution in [2.75, 3.05) is 6.54 Å². The molecule has 77 valence electrons. The summed E-state index contributed by atoms with van der Waals surface area (Å²) in [5.74, 6) is -0.356. The van der Waals surface area contributed by atoms with Gasteiger partial charge in [-0.3, -0.25) is 9.59 Å². The Kier molecular flexibility index (Phi) is 2.67. The third-order valence-electron chi connectivity index (χ3n) is 2.27. The molecular formula is C11H11N2O2. The Morgan fingerprint density at radius 1 is 1.40 bits per heavy atom. The summed E-state index contributed by atoms with van der Waals surface area (Å²) < 4.78 is 0. The molecule has 0 unspecified atom stereocenters. The summed E-state index contributed by atoms with van der Waals surface area (Å²) in [6.07, 6.45) is 0.310. The molecule has 2 amide bonds. The van der Waals surface area contributed by atoms with Gasteiger partial charge in [0.1, 0.15) is 6.04 Å². The van der Waals surface area contributed by atoms with E-state index in [1.54, 1.807) is 0 Å². The number of hydrogen-bond acceptors (Lipinski definition) is 2. The number of carbonyl (C=O) groups excluding carboxylic acids is 2. The van der Waals surface area contributed by atoms with Crippen molar-refractivity contribution in [3.8, 4) is 0 Å². The average molecular weight is 203 g/mol. The van der Waals surface area contributed by atoms with Crippen LogP contribution in [0.4, 0.5) is 0 Å². The smallest absolute Gasteiger partial charge is 0.265 e. The third kappa shape index (κ3) is 2.34. The molecule has 1 saturated heterocycles. The number of rotatable bonds is 3. The normalized spacial score (nSPS) is 18.9. The van der Waals surface area contributed by atoms with Crippen LogP contribution < -0.4 is 10.6 Å². The molecule has 0 spiro atoms. The highest BCUT2D eigenvalue weighted by atomic mass is 16.2. The summed E-state index contributed by atoms with van der Waals surface area (Å²) in [6, 6.07) is 9.04. The van der Waals surface area contributed by atoms with E-state index in [0.29, 0.717) is 13.0 Å².